The minimum absolute atomic E-state index is 0. The Morgan fingerprint density at radius 2 is 1.76 bits per heavy atom. The van der Waals surface area contributed by atoms with Gasteiger partial charge in [0.15, 0.2) is 5.17 Å². The van der Waals surface area contributed by atoms with Gasteiger partial charge in [0, 0.05) is 12.2 Å². The molecule has 0 radical (unpaired) electrons. The Balaban J connectivity index is 0.00000225. The Bertz CT molecular complexity index is 709. The Hall–Kier alpha value is -1.98. The molecule has 2 aromatic carbocycles. The maximum absolute atomic E-state index is 12.1. The number of rotatable bonds is 6. The summed E-state index contributed by atoms with van der Waals surface area (Å²) in [7, 11) is 0. The standard InChI is InChI=1S/C19H21N3OS.ClH/c1-14(15-8-4-2-5-9-15)21-19-22-18(23)17(24-19)12-13-20-16-10-6-3-7-11-16;/h2-11,14,17,20H,12-13H2,1H3,(H,21,22,23);1H/t14-,17?;/m1./s1. The summed E-state index contributed by atoms with van der Waals surface area (Å²) in [5, 5.41) is 6.88. The smallest absolute Gasteiger partial charge is 0.239 e. The van der Waals surface area contributed by atoms with E-state index >= 15 is 0 Å². The summed E-state index contributed by atoms with van der Waals surface area (Å²) in [5.41, 5.74) is 2.22. The number of thioether (sulfide) groups is 1. The van der Waals surface area contributed by atoms with Gasteiger partial charge in [-0.05, 0) is 31.0 Å². The van der Waals surface area contributed by atoms with Gasteiger partial charge < -0.3 is 10.6 Å². The van der Waals surface area contributed by atoms with E-state index in [4.69, 9.17) is 0 Å². The van der Waals surface area contributed by atoms with Gasteiger partial charge in [-0.15, -0.1) is 12.4 Å². The van der Waals surface area contributed by atoms with Crippen LogP contribution in [0.1, 0.15) is 24.9 Å². The number of anilines is 1. The van der Waals surface area contributed by atoms with Crippen LogP contribution < -0.4 is 10.6 Å². The van der Waals surface area contributed by atoms with Crippen LogP contribution in [0.5, 0.6) is 0 Å². The number of aliphatic imine (C=N–C) groups is 1. The third-order valence-corrected chi connectivity index (χ3v) is 5.04. The van der Waals surface area contributed by atoms with E-state index in [1.165, 1.54) is 11.8 Å². The van der Waals surface area contributed by atoms with Gasteiger partial charge in [0.25, 0.3) is 0 Å². The van der Waals surface area contributed by atoms with E-state index < -0.39 is 0 Å². The lowest BCUT2D eigenvalue weighted by Crippen LogP contribution is -2.26. The first-order valence-corrected chi connectivity index (χ1v) is 8.99. The SMILES string of the molecule is C[C@@H](N=C1NC(=O)C(CCNc2ccccc2)S1)c1ccccc1.Cl. The lowest BCUT2D eigenvalue weighted by molar-refractivity contribution is -0.118. The molecule has 0 aromatic heterocycles. The normalized spacial score (nSPS) is 19.2. The van der Waals surface area contributed by atoms with Crippen molar-refractivity contribution in [2.24, 2.45) is 4.99 Å². The number of hydrogen-bond donors (Lipinski definition) is 2. The van der Waals surface area contributed by atoms with Gasteiger partial charge in [0.1, 0.15) is 0 Å². The molecular formula is C19H22ClN3OS. The van der Waals surface area contributed by atoms with Crippen molar-refractivity contribution >= 4 is 40.9 Å². The Morgan fingerprint density at radius 1 is 1.12 bits per heavy atom. The van der Waals surface area contributed by atoms with Crippen LogP contribution in [-0.4, -0.2) is 22.9 Å². The molecule has 1 heterocycles. The molecule has 4 nitrogen and oxygen atoms in total. The number of hydrogen-bond acceptors (Lipinski definition) is 4. The largest absolute Gasteiger partial charge is 0.385 e. The molecule has 132 valence electrons. The highest BCUT2D eigenvalue weighted by Crippen LogP contribution is 2.25. The average Bonchev–Trinajstić information content (AvgIpc) is 2.96. The number of halogens is 1. The molecule has 2 aromatic rings. The van der Waals surface area contributed by atoms with Crippen molar-refractivity contribution in [2.45, 2.75) is 24.6 Å². The zero-order chi connectivity index (χ0) is 16.8. The van der Waals surface area contributed by atoms with Crippen LogP contribution in [0.25, 0.3) is 0 Å². The van der Waals surface area contributed by atoms with Crippen molar-refractivity contribution in [3.05, 3.63) is 66.2 Å². The van der Waals surface area contributed by atoms with Gasteiger partial charge in [-0.3, -0.25) is 9.79 Å². The molecule has 6 heteroatoms. The number of nitrogens with zero attached hydrogens (tertiary/aromatic N) is 1. The highest BCUT2D eigenvalue weighted by atomic mass is 35.5. The van der Waals surface area contributed by atoms with E-state index in [2.05, 4.69) is 27.8 Å². The molecule has 1 amide bonds. The Kier molecular flexibility index (Phi) is 7.34. The average molecular weight is 376 g/mol. The Labute approximate surface area is 158 Å². The fourth-order valence-corrected chi connectivity index (χ4v) is 3.59. The molecule has 1 aliphatic rings. The van der Waals surface area contributed by atoms with Crippen molar-refractivity contribution < 1.29 is 4.79 Å². The minimum atomic E-state index is -0.0806. The van der Waals surface area contributed by atoms with Gasteiger partial charge >= 0.3 is 0 Å². The molecule has 0 aliphatic carbocycles. The topological polar surface area (TPSA) is 53.5 Å². The summed E-state index contributed by atoms with van der Waals surface area (Å²) in [6.45, 7) is 2.80. The van der Waals surface area contributed by atoms with Crippen LogP contribution in [0.2, 0.25) is 0 Å². The van der Waals surface area contributed by atoms with Gasteiger partial charge in [-0.2, -0.15) is 0 Å². The van der Waals surface area contributed by atoms with Crippen LogP contribution in [0.3, 0.4) is 0 Å². The highest BCUT2D eigenvalue weighted by molar-refractivity contribution is 8.15. The van der Waals surface area contributed by atoms with E-state index in [1.807, 2.05) is 55.5 Å². The van der Waals surface area contributed by atoms with Gasteiger partial charge in [0.05, 0.1) is 11.3 Å². The summed E-state index contributed by atoms with van der Waals surface area (Å²) in [4.78, 5) is 16.7. The molecule has 25 heavy (non-hydrogen) atoms. The number of carbonyl (C=O) groups excluding carboxylic acids is 1. The number of amidine groups is 1. The first-order valence-electron chi connectivity index (χ1n) is 8.11. The molecule has 0 spiro atoms. The predicted molar refractivity (Wildman–Crippen MR) is 109 cm³/mol. The predicted octanol–water partition coefficient (Wildman–Crippen LogP) is 4.26. The molecule has 0 saturated carbocycles. The van der Waals surface area contributed by atoms with Crippen LogP contribution in [0, 0.1) is 0 Å². The molecule has 1 unspecified atom stereocenters. The first kappa shape index (κ1) is 19.3. The monoisotopic (exact) mass is 375 g/mol. The molecule has 1 aliphatic heterocycles. The quantitative estimate of drug-likeness (QED) is 0.793. The van der Waals surface area contributed by atoms with Crippen LogP contribution >= 0.6 is 24.2 Å². The highest BCUT2D eigenvalue weighted by Gasteiger charge is 2.30. The number of benzene rings is 2. The van der Waals surface area contributed by atoms with Gasteiger partial charge in [0.2, 0.25) is 5.91 Å². The molecular weight excluding hydrogens is 354 g/mol. The zero-order valence-corrected chi connectivity index (χ0v) is 15.6. The maximum Gasteiger partial charge on any atom is 0.239 e. The second-order valence-corrected chi connectivity index (χ2v) is 6.89. The minimum Gasteiger partial charge on any atom is -0.385 e. The molecule has 3 rings (SSSR count). The number of carbonyl (C=O) groups is 1. The lowest BCUT2D eigenvalue weighted by Gasteiger charge is -2.08. The summed E-state index contributed by atoms with van der Waals surface area (Å²) in [5.74, 6) is 0.0499. The van der Waals surface area contributed by atoms with E-state index in [1.54, 1.807) is 0 Å². The Morgan fingerprint density at radius 3 is 2.44 bits per heavy atom. The second-order valence-electron chi connectivity index (χ2n) is 5.70. The van der Waals surface area contributed by atoms with Gasteiger partial charge in [-0.1, -0.05) is 60.3 Å². The van der Waals surface area contributed by atoms with Crippen molar-refractivity contribution in [2.75, 3.05) is 11.9 Å². The third-order valence-electron chi connectivity index (χ3n) is 3.88. The first-order chi connectivity index (χ1) is 11.7. The van der Waals surface area contributed by atoms with E-state index in [0.717, 1.165) is 29.4 Å². The molecule has 2 N–H and O–H groups in total. The van der Waals surface area contributed by atoms with Crippen LogP contribution in [0.4, 0.5) is 5.69 Å². The summed E-state index contributed by atoms with van der Waals surface area (Å²) in [6, 6.07) is 20.2. The summed E-state index contributed by atoms with van der Waals surface area (Å²) in [6.07, 6.45) is 0.768. The van der Waals surface area contributed by atoms with E-state index in [9.17, 15) is 4.79 Å². The second kappa shape index (κ2) is 9.49. The van der Waals surface area contributed by atoms with Crippen LogP contribution in [-0.2, 0) is 4.79 Å². The molecule has 0 bridgehead atoms. The maximum atomic E-state index is 12.1. The molecule has 2 atom stereocenters. The summed E-state index contributed by atoms with van der Waals surface area (Å²) >= 11 is 1.53. The fraction of sp³-hybridized carbons (Fsp3) is 0.263. The third kappa shape index (κ3) is 5.51. The van der Waals surface area contributed by atoms with Crippen molar-refractivity contribution in [1.29, 1.82) is 0 Å². The van der Waals surface area contributed by atoms with Crippen molar-refractivity contribution in [3.8, 4) is 0 Å². The van der Waals surface area contributed by atoms with Gasteiger partial charge in [-0.25, -0.2) is 0 Å². The van der Waals surface area contributed by atoms with Crippen LogP contribution in [0.15, 0.2) is 65.7 Å². The molecule has 1 fully saturated rings. The number of amides is 1. The van der Waals surface area contributed by atoms with E-state index in [-0.39, 0.29) is 29.6 Å². The summed E-state index contributed by atoms with van der Waals surface area (Å²) < 4.78 is 0. The van der Waals surface area contributed by atoms with Crippen molar-refractivity contribution in [1.82, 2.24) is 5.32 Å². The zero-order valence-electron chi connectivity index (χ0n) is 14.0. The lowest BCUT2D eigenvalue weighted by atomic mass is 10.1. The molecule has 1 saturated heterocycles. The fourth-order valence-electron chi connectivity index (χ4n) is 2.54. The number of para-hydroxylation sites is 1. The van der Waals surface area contributed by atoms with E-state index in [0.29, 0.717) is 0 Å². The number of nitrogens with one attached hydrogen (secondary N) is 2. The van der Waals surface area contributed by atoms with Crippen molar-refractivity contribution in [3.63, 3.8) is 0 Å².